The number of anilines is 4. The lowest BCUT2D eigenvalue weighted by molar-refractivity contribution is -0.127. The Morgan fingerprint density at radius 2 is 0.903 bits per heavy atom. The number of alkyl halides is 2. The highest BCUT2D eigenvalue weighted by Crippen LogP contribution is 2.29. The number of halogens is 4. The molecule has 18 heteroatoms. The Bertz CT molecular complexity index is 2580. The summed E-state index contributed by atoms with van der Waals surface area (Å²) in [7, 11) is 0. The summed E-state index contributed by atoms with van der Waals surface area (Å²) in [5.41, 5.74) is 4.93. The van der Waals surface area contributed by atoms with Crippen molar-refractivity contribution in [3.8, 4) is 0 Å². The molecule has 0 saturated carbocycles. The smallest absolute Gasteiger partial charge is 0.258 e. The molecule has 4 N–H and O–H groups in total. The minimum Gasteiger partial charge on any atom is -0.324 e. The maximum atomic E-state index is 13.4. The van der Waals surface area contributed by atoms with Crippen LogP contribution < -0.4 is 21.3 Å². The van der Waals surface area contributed by atoms with E-state index in [4.69, 9.17) is 46.4 Å². The number of ketones is 2. The van der Waals surface area contributed by atoms with E-state index in [9.17, 15) is 28.8 Å². The van der Waals surface area contributed by atoms with E-state index in [2.05, 4.69) is 41.7 Å². The van der Waals surface area contributed by atoms with Gasteiger partial charge in [0.1, 0.15) is 0 Å². The third kappa shape index (κ3) is 12.4. The van der Waals surface area contributed by atoms with Crippen molar-refractivity contribution in [2.45, 2.75) is 51.5 Å². The second-order valence-corrected chi connectivity index (χ2v) is 15.2. The SMILES string of the molecule is CC(=O)C(N=Nc1ccc(Cl)c(C(=O)Nc2ccc(CCl)cc2)c1)C(=O)Nc1cc(C)c(NC(=O)C(N=Nc2ccc(Cl)c(C(=O)Nc3ccc(CCl)cc3)c2)C(C)=O)c(C)c1. The number of hydrogen-bond acceptors (Lipinski definition) is 10. The van der Waals surface area contributed by atoms with Crippen molar-refractivity contribution in [2.75, 3.05) is 21.3 Å². The Balaban J connectivity index is 1.24. The fourth-order valence-electron chi connectivity index (χ4n) is 5.77. The minimum atomic E-state index is -1.55. The van der Waals surface area contributed by atoms with Crippen LogP contribution in [0.3, 0.4) is 0 Å². The quantitative estimate of drug-likeness (QED) is 0.0431. The highest BCUT2D eigenvalue weighted by molar-refractivity contribution is 6.35. The topological polar surface area (TPSA) is 200 Å². The fourth-order valence-corrected chi connectivity index (χ4v) is 6.53. The first-order chi connectivity index (χ1) is 29.6. The Labute approximate surface area is 376 Å². The molecule has 0 saturated heterocycles. The summed E-state index contributed by atoms with van der Waals surface area (Å²) in [5.74, 6) is -3.15. The van der Waals surface area contributed by atoms with Crippen LogP contribution in [0.15, 0.2) is 118 Å². The van der Waals surface area contributed by atoms with E-state index >= 15 is 0 Å². The van der Waals surface area contributed by atoms with Gasteiger partial charge in [-0.15, -0.1) is 23.2 Å². The van der Waals surface area contributed by atoms with Gasteiger partial charge in [-0.2, -0.15) is 20.5 Å². The highest BCUT2D eigenvalue weighted by Gasteiger charge is 2.26. The Morgan fingerprint density at radius 3 is 1.27 bits per heavy atom. The van der Waals surface area contributed by atoms with Gasteiger partial charge in [0.25, 0.3) is 23.6 Å². The van der Waals surface area contributed by atoms with E-state index in [0.717, 1.165) is 11.1 Å². The van der Waals surface area contributed by atoms with E-state index in [1.54, 1.807) is 74.5 Å². The summed E-state index contributed by atoms with van der Waals surface area (Å²) in [6.07, 6.45) is 0. The molecule has 62 heavy (non-hydrogen) atoms. The maximum absolute atomic E-state index is 13.4. The zero-order chi connectivity index (χ0) is 45.1. The van der Waals surface area contributed by atoms with Gasteiger partial charge < -0.3 is 21.3 Å². The summed E-state index contributed by atoms with van der Waals surface area (Å²) in [6, 6.07) is 22.5. The van der Waals surface area contributed by atoms with Crippen molar-refractivity contribution in [3.63, 3.8) is 0 Å². The number of carbonyl (C=O) groups excluding carboxylic acids is 6. The number of aryl methyl sites for hydroxylation is 2. The van der Waals surface area contributed by atoms with Gasteiger partial charge >= 0.3 is 0 Å². The van der Waals surface area contributed by atoms with Crippen LogP contribution in [0.5, 0.6) is 0 Å². The molecule has 0 fully saturated rings. The molecule has 4 amide bonds. The zero-order valence-electron chi connectivity index (χ0n) is 33.6. The predicted molar refractivity (Wildman–Crippen MR) is 242 cm³/mol. The molecule has 0 bridgehead atoms. The maximum Gasteiger partial charge on any atom is 0.258 e. The standard InChI is InChI=1S/C44H38Cl4N8O6/c1-23-17-33(51-43(61)39(25(3)57)55-53-31-13-15-36(47)34(19-31)41(59)49-29-9-5-27(21-45)6-10-29)18-24(2)38(23)52-44(62)40(26(4)58)56-54-32-14-16-37(48)35(20-32)42(60)50-30-11-7-28(22-46)8-12-30/h5-20,39-40H,21-22H2,1-4H3,(H,49,59)(H,50,60)(H,51,61)(H,52,62). The number of nitrogens with one attached hydrogen (secondary N) is 4. The molecule has 0 aliphatic carbocycles. The van der Waals surface area contributed by atoms with Crippen molar-refractivity contribution in [2.24, 2.45) is 20.5 Å². The van der Waals surface area contributed by atoms with Crippen molar-refractivity contribution < 1.29 is 28.8 Å². The number of amides is 4. The van der Waals surface area contributed by atoms with Crippen LogP contribution in [-0.4, -0.2) is 47.3 Å². The van der Waals surface area contributed by atoms with Crippen LogP contribution in [0.4, 0.5) is 34.1 Å². The van der Waals surface area contributed by atoms with Crippen LogP contribution in [0.25, 0.3) is 0 Å². The number of hydrogen-bond donors (Lipinski definition) is 4. The van der Waals surface area contributed by atoms with E-state index < -0.39 is 47.3 Å². The summed E-state index contributed by atoms with van der Waals surface area (Å²) < 4.78 is 0. The number of carbonyl (C=O) groups is 6. The lowest BCUT2D eigenvalue weighted by Crippen LogP contribution is -2.33. The summed E-state index contributed by atoms with van der Waals surface area (Å²) >= 11 is 24.3. The number of nitrogens with zero attached hydrogens (tertiary/aromatic N) is 4. The lowest BCUT2D eigenvalue weighted by atomic mass is 10.1. The molecule has 0 radical (unpaired) electrons. The average Bonchev–Trinajstić information content (AvgIpc) is 3.23. The normalized spacial score (nSPS) is 12.1. The molecule has 0 spiro atoms. The first kappa shape index (κ1) is 46.7. The van der Waals surface area contributed by atoms with Gasteiger partial charge in [0.05, 0.1) is 32.5 Å². The van der Waals surface area contributed by atoms with Crippen LogP contribution in [0, 0.1) is 13.8 Å². The molecule has 0 aliphatic rings. The van der Waals surface area contributed by atoms with Crippen LogP contribution in [0.2, 0.25) is 10.0 Å². The van der Waals surface area contributed by atoms with Crippen molar-refractivity contribution in [3.05, 3.63) is 140 Å². The van der Waals surface area contributed by atoms with Gasteiger partial charge in [-0.05, 0) is 123 Å². The van der Waals surface area contributed by atoms with Crippen LogP contribution in [0.1, 0.15) is 56.8 Å². The minimum absolute atomic E-state index is 0.0901. The number of azo groups is 2. The largest absolute Gasteiger partial charge is 0.324 e. The summed E-state index contributed by atoms with van der Waals surface area (Å²) in [6.45, 7) is 5.71. The Hall–Kier alpha value is -6.32. The van der Waals surface area contributed by atoms with Gasteiger partial charge in [-0.3, -0.25) is 28.8 Å². The summed E-state index contributed by atoms with van der Waals surface area (Å²) in [5, 5.41) is 27.3. The molecular formula is C44H38Cl4N8O6. The second-order valence-electron chi connectivity index (χ2n) is 13.8. The molecule has 14 nitrogen and oxygen atoms in total. The van der Waals surface area contributed by atoms with Crippen molar-refractivity contribution >= 4 is 116 Å². The number of rotatable bonds is 16. The first-order valence-corrected chi connectivity index (χ1v) is 20.5. The van der Waals surface area contributed by atoms with Gasteiger partial charge in [0, 0.05) is 34.5 Å². The molecule has 2 unspecified atom stereocenters. The molecule has 5 aromatic rings. The molecule has 318 valence electrons. The number of benzene rings is 5. The van der Waals surface area contributed by atoms with Gasteiger partial charge in [-0.25, -0.2) is 0 Å². The van der Waals surface area contributed by atoms with Crippen molar-refractivity contribution in [1.82, 2.24) is 0 Å². The molecule has 5 aromatic carbocycles. The van der Waals surface area contributed by atoms with E-state index in [1.165, 1.54) is 50.2 Å². The van der Waals surface area contributed by atoms with Gasteiger partial charge in [-0.1, -0.05) is 47.5 Å². The Morgan fingerprint density at radius 1 is 0.516 bits per heavy atom. The average molecular weight is 917 g/mol. The highest BCUT2D eigenvalue weighted by atomic mass is 35.5. The zero-order valence-corrected chi connectivity index (χ0v) is 36.6. The summed E-state index contributed by atoms with van der Waals surface area (Å²) in [4.78, 5) is 77.9. The molecular weight excluding hydrogens is 878 g/mol. The second kappa shape index (κ2) is 21.5. The monoisotopic (exact) mass is 914 g/mol. The molecule has 2 atom stereocenters. The number of Topliss-reactive ketones (excluding diaryl/α,β-unsaturated/α-hetero) is 2. The van der Waals surface area contributed by atoms with E-state index in [1.807, 2.05) is 0 Å². The van der Waals surface area contributed by atoms with E-state index in [-0.39, 0.29) is 38.2 Å². The first-order valence-electron chi connectivity index (χ1n) is 18.6. The fraction of sp³-hybridized carbons (Fsp3) is 0.182. The predicted octanol–water partition coefficient (Wildman–Crippen LogP) is 11.0. The van der Waals surface area contributed by atoms with Crippen LogP contribution in [-0.2, 0) is 30.9 Å². The van der Waals surface area contributed by atoms with Gasteiger partial charge in [0.2, 0.25) is 12.1 Å². The molecule has 0 heterocycles. The molecule has 5 rings (SSSR count). The Kier molecular flexibility index (Phi) is 16.2. The third-order valence-electron chi connectivity index (χ3n) is 9.01. The molecule has 0 aromatic heterocycles. The lowest BCUT2D eigenvalue weighted by Gasteiger charge is -2.17. The van der Waals surface area contributed by atoms with Crippen LogP contribution >= 0.6 is 46.4 Å². The third-order valence-corrected chi connectivity index (χ3v) is 10.3. The van der Waals surface area contributed by atoms with E-state index in [0.29, 0.717) is 39.9 Å². The van der Waals surface area contributed by atoms with Gasteiger partial charge in [0.15, 0.2) is 11.6 Å². The molecule has 0 aliphatic heterocycles. The van der Waals surface area contributed by atoms with Crippen molar-refractivity contribution in [1.29, 1.82) is 0 Å².